The normalized spacial score (nSPS) is 13.1. The Labute approximate surface area is 91.5 Å². The van der Waals surface area contributed by atoms with Crippen LogP contribution in [0.2, 0.25) is 0 Å². The van der Waals surface area contributed by atoms with E-state index in [0.717, 1.165) is 6.54 Å². The van der Waals surface area contributed by atoms with Crippen molar-refractivity contribution in [2.75, 3.05) is 6.54 Å². The molecule has 0 aliphatic rings. The standard InChI is InChI=1S/C12H21NS/c1-5-7-13-11(6-2)12-9(3)8-10(4)14-12/h8,11,13H,5-7H2,1-4H3. The third-order valence-electron chi connectivity index (χ3n) is 2.44. The van der Waals surface area contributed by atoms with Crippen molar-refractivity contribution in [2.45, 2.75) is 46.6 Å². The van der Waals surface area contributed by atoms with Gasteiger partial charge in [0, 0.05) is 15.8 Å². The maximum Gasteiger partial charge on any atom is 0.0414 e. The van der Waals surface area contributed by atoms with Crippen LogP contribution in [0.15, 0.2) is 6.07 Å². The zero-order valence-corrected chi connectivity index (χ0v) is 10.5. The molecule has 1 atom stereocenters. The average molecular weight is 211 g/mol. The molecule has 0 radical (unpaired) electrons. The Morgan fingerprint density at radius 1 is 1.36 bits per heavy atom. The first-order valence-electron chi connectivity index (χ1n) is 5.49. The summed E-state index contributed by atoms with van der Waals surface area (Å²) in [5, 5.41) is 3.60. The maximum absolute atomic E-state index is 3.60. The summed E-state index contributed by atoms with van der Waals surface area (Å²) in [7, 11) is 0. The molecule has 1 nitrogen and oxygen atoms in total. The molecule has 2 heteroatoms. The van der Waals surface area contributed by atoms with Crippen LogP contribution in [0, 0.1) is 13.8 Å². The summed E-state index contributed by atoms with van der Waals surface area (Å²) < 4.78 is 0. The molecular formula is C12H21NS. The van der Waals surface area contributed by atoms with Gasteiger partial charge >= 0.3 is 0 Å². The minimum absolute atomic E-state index is 0.564. The molecule has 0 saturated heterocycles. The topological polar surface area (TPSA) is 12.0 Å². The van der Waals surface area contributed by atoms with Crippen LogP contribution in [-0.4, -0.2) is 6.54 Å². The molecule has 0 aliphatic carbocycles. The van der Waals surface area contributed by atoms with Gasteiger partial charge in [0.05, 0.1) is 0 Å². The molecule has 1 rings (SSSR count). The summed E-state index contributed by atoms with van der Waals surface area (Å²) in [6.45, 7) is 9.99. The van der Waals surface area contributed by atoms with Crippen molar-refractivity contribution in [1.82, 2.24) is 5.32 Å². The van der Waals surface area contributed by atoms with Crippen LogP contribution in [0.4, 0.5) is 0 Å². The highest BCUT2D eigenvalue weighted by Crippen LogP contribution is 2.29. The molecule has 1 aromatic heterocycles. The fraction of sp³-hybridized carbons (Fsp3) is 0.667. The first-order valence-corrected chi connectivity index (χ1v) is 6.31. The van der Waals surface area contributed by atoms with Crippen LogP contribution in [0.25, 0.3) is 0 Å². The third kappa shape index (κ3) is 2.82. The molecule has 0 fully saturated rings. The molecule has 0 saturated carbocycles. The third-order valence-corrected chi connectivity index (χ3v) is 3.71. The highest BCUT2D eigenvalue weighted by atomic mass is 32.1. The molecule has 1 unspecified atom stereocenters. The van der Waals surface area contributed by atoms with E-state index >= 15 is 0 Å². The number of thiophene rings is 1. The van der Waals surface area contributed by atoms with Crippen LogP contribution in [0.5, 0.6) is 0 Å². The summed E-state index contributed by atoms with van der Waals surface area (Å²) in [4.78, 5) is 2.95. The first kappa shape index (κ1) is 11.7. The molecule has 0 bridgehead atoms. The van der Waals surface area contributed by atoms with Gasteiger partial charge < -0.3 is 5.32 Å². The van der Waals surface area contributed by atoms with Gasteiger partial charge in [0.1, 0.15) is 0 Å². The van der Waals surface area contributed by atoms with E-state index in [1.165, 1.54) is 28.2 Å². The Bertz CT molecular complexity index is 278. The molecule has 1 aromatic rings. The summed E-state index contributed by atoms with van der Waals surface area (Å²) in [6.07, 6.45) is 2.39. The molecule has 80 valence electrons. The first-order chi connectivity index (χ1) is 6.69. The SMILES string of the molecule is CCCNC(CC)c1sc(C)cc1C. The zero-order chi connectivity index (χ0) is 10.6. The molecule has 1 N–H and O–H groups in total. The molecule has 0 aromatic carbocycles. The van der Waals surface area contributed by atoms with Crippen molar-refractivity contribution >= 4 is 11.3 Å². The number of hydrogen-bond donors (Lipinski definition) is 1. The van der Waals surface area contributed by atoms with Crippen LogP contribution < -0.4 is 5.32 Å². The fourth-order valence-electron chi connectivity index (χ4n) is 1.75. The summed E-state index contributed by atoms with van der Waals surface area (Å²) in [5.41, 5.74) is 1.45. The van der Waals surface area contributed by atoms with Crippen LogP contribution in [-0.2, 0) is 0 Å². The highest BCUT2D eigenvalue weighted by molar-refractivity contribution is 7.12. The average Bonchev–Trinajstić information content (AvgIpc) is 2.47. The highest BCUT2D eigenvalue weighted by Gasteiger charge is 2.13. The lowest BCUT2D eigenvalue weighted by Crippen LogP contribution is -2.21. The van der Waals surface area contributed by atoms with Crippen molar-refractivity contribution in [1.29, 1.82) is 0 Å². The maximum atomic E-state index is 3.60. The second-order valence-electron chi connectivity index (χ2n) is 3.82. The monoisotopic (exact) mass is 211 g/mol. The van der Waals surface area contributed by atoms with Gasteiger partial charge in [0.25, 0.3) is 0 Å². The quantitative estimate of drug-likeness (QED) is 0.781. The van der Waals surface area contributed by atoms with Crippen LogP contribution in [0.3, 0.4) is 0 Å². The van der Waals surface area contributed by atoms with E-state index in [0.29, 0.717) is 6.04 Å². The van der Waals surface area contributed by atoms with Crippen molar-refractivity contribution < 1.29 is 0 Å². The van der Waals surface area contributed by atoms with Crippen molar-refractivity contribution in [3.05, 3.63) is 21.4 Å². The lowest BCUT2D eigenvalue weighted by atomic mass is 10.1. The van der Waals surface area contributed by atoms with Gasteiger partial charge in [-0.05, 0) is 44.9 Å². The minimum atomic E-state index is 0.564. The fourth-order valence-corrected chi connectivity index (χ4v) is 2.94. The van der Waals surface area contributed by atoms with Crippen molar-refractivity contribution in [2.24, 2.45) is 0 Å². The van der Waals surface area contributed by atoms with Crippen molar-refractivity contribution in [3.63, 3.8) is 0 Å². The molecule has 14 heavy (non-hydrogen) atoms. The van der Waals surface area contributed by atoms with Gasteiger partial charge in [-0.25, -0.2) is 0 Å². The lowest BCUT2D eigenvalue weighted by Gasteiger charge is -2.15. The van der Waals surface area contributed by atoms with Gasteiger partial charge in [-0.2, -0.15) is 0 Å². The van der Waals surface area contributed by atoms with E-state index in [2.05, 4.69) is 39.1 Å². The molecule has 1 heterocycles. The van der Waals surface area contributed by atoms with Gasteiger partial charge in [-0.1, -0.05) is 13.8 Å². The summed E-state index contributed by atoms with van der Waals surface area (Å²) in [5.74, 6) is 0. The van der Waals surface area contributed by atoms with E-state index in [1.54, 1.807) is 0 Å². The molecule has 0 amide bonds. The van der Waals surface area contributed by atoms with Gasteiger partial charge in [-0.15, -0.1) is 11.3 Å². The van der Waals surface area contributed by atoms with Gasteiger partial charge in [0.15, 0.2) is 0 Å². The van der Waals surface area contributed by atoms with Crippen LogP contribution >= 0.6 is 11.3 Å². The van der Waals surface area contributed by atoms with Crippen LogP contribution in [0.1, 0.15) is 48.0 Å². The zero-order valence-electron chi connectivity index (χ0n) is 9.68. The van der Waals surface area contributed by atoms with Crippen molar-refractivity contribution in [3.8, 4) is 0 Å². The Morgan fingerprint density at radius 2 is 2.07 bits per heavy atom. The van der Waals surface area contributed by atoms with E-state index in [1.807, 2.05) is 11.3 Å². The number of aryl methyl sites for hydroxylation is 2. The molecule has 0 spiro atoms. The minimum Gasteiger partial charge on any atom is -0.309 e. The predicted molar refractivity (Wildman–Crippen MR) is 65.1 cm³/mol. The molecular weight excluding hydrogens is 190 g/mol. The predicted octanol–water partition coefficient (Wildman–Crippen LogP) is 3.82. The summed E-state index contributed by atoms with van der Waals surface area (Å²) in [6, 6.07) is 2.85. The smallest absolute Gasteiger partial charge is 0.0414 e. The lowest BCUT2D eigenvalue weighted by molar-refractivity contribution is 0.524. The second-order valence-corrected chi connectivity index (χ2v) is 5.11. The largest absolute Gasteiger partial charge is 0.309 e. The second kappa shape index (κ2) is 5.52. The van der Waals surface area contributed by atoms with E-state index in [9.17, 15) is 0 Å². The van der Waals surface area contributed by atoms with E-state index in [-0.39, 0.29) is 0 Å². The Balaban J connectivity index is 2.72. The Kier molecular flexibility index (Phi) is 4.63. The molecule has 0 aliphatic heterocycles. The number of nitrogens with one attached hydrogen (secondary N) is 1. The summed E-state index contributed by atoms with van der Waals surface area (Å²) >= 11 is 1.93. The number of rotatable bonds is 5. The van der Waals surface area contributed by atoms with E-state index in [4.69, 9.17) is 0 Å². The Morgan fingerprint density at radius 3 is 2.50 bits per heavy atom. The van der Waals surface area contributed by atoms with Gasteiger partial charge in [0.2, 0.25) is 0 Å². The van der Waals surface area contributed by atoms with E-state index < -0.39 is 0 Å². The van der Waals surface area contributed by atoms with Gasteiger partial charge in [-0.3, -0.25) is 0 Å². The Hall–Kier alpha value is -0.340. The number of hydrogen-bond acceptors (Lipinski definition) is 2.